The van der Waals surface area contributed by atoms with Crippen molar-refractivity contribution in [2.24, 2.45) is 0 Å². The van der Waals surface area contributed by atoms with Crippen LogP contribution in [-0.4, -0.2) is 62.1 Å². The molecule has 3 rings (SSSR count). The molecule has 0 radical (unpaired) electrons. The number of hydrogen-bond donors (Lipinski definition) is 2. The number of nitrogens with zero attached hydrogens (tertiary/aromatic N) is 5. The smallest absolute Gasteiger partial charge is 0.200 e. The zero-order chi connectivity index (χ0) is 15.5. The highest BCUT2D eigenvalue weighted by atomic mass is 16.3. The predicted molar refractivity (Wildman–Crippen MR) is 85.0 cm³/mol. The highest BCUT2D eigenvalue weighted by Gasteiger charge is 2.20. The van der Waals surface area contributed by atoms with Gasteiger partial charge in [0.25, 0.3) is 0 Å². The summed E-state index contributed by atoms with van der Waals surface area (Å²) < 4.78 is 1.75. The lowest BCUT2D eigenvalue weighted by Gasteiger charge is -2.32. The molecule has 120 valence electrons. The summed E-state index contributed by atoms with van der Waals surface area (Å²) in [6.07, 6.45) is 3.79. The number of piperidine rings is 1. The molecule has 0 bridgehead atoms. The Morgan fingerprint density at radius 1 is 1.36 bits per heavy atom. The summed E-state index contributed by atoms with van der Waals surface area (Å²) in [5, 5.41) is 25.3. The lowest BCUT2D eigenvalue weighted by atomic mass is 10.0. The van der Waals surface area contributed by atoms with Gasteiger partial charge in [-0.25, -0.2) is 0 Å². The molecule has 0 atom stereocenters. The molecular weight excluding hydrogens is 280 g/mol. The Hall–Kier alpha value is -1.73. The molecular formula is C15H24N6O. The SMILES string of the molecule is CC(C)c1cc(NC2CCN(CCO)CC2)c2nncn2n1. The first-order valence-corrected chi connectivity index (χ1v) is 7.98. The van der Waals surface area contributed by atoms with Gasteiger partial charge in [0.2, 0.25) is 5.65 Å². The molecule has 0 unspecified atom stereocenters. The van der Waals surface area contributed by atoms with Gasteiger partial charge in [0.1, 0.15) is 6.33 Å². The largest absolute Gasteiger partial charge is 0.395 e. The zero-order valence-corrected chi connectivity index (χ0v) is 13.2. The van der Waals surface area contributed by atoms with E-state index in [4.69, 9.17) is 5.11 Å². The van der Waals surface area contributed by atoms with Crippen LogP contribution in [0.25, 0.3) is 5.65 Å². The summed E-state index contributed by atoms with van der Waals surface area (Å²) >= 11 is 0. The molecule has 2 aromatic rings. The third-order valence-corrected chi connectivity index (χ3v) is 4.24. The Balaban J connectivity index is 1.75. The van der Waals surface area contributed by atoms with Crippen molar-refractivity contribution in [1.29, 1.82) is 0 Å². The third kappa shape index (κ3) is 3.20. The van der Waals surface area contributed by atoms with Gasteiger partial charge in [-0.3, -0.25) is 0 Å². The van der Waals surface area contributed by atoms with E-state index in [1.807, 2.05) is 0 Å². The van der Waals surface area contributed by atoms with Crippen LogP contribution in [0, 0.1) is 0 Å². The number of fused-ring (bicyclic) bond motifs is 1. The van der Waals surface area contributed by atoms with E-state index in [2.05, 4.69) is 45.4 Å². The first-order chi connectivity index (χ1) is 10.7. The molecule has 0 aromatic carbocycles. The van der Waals surface area contributed by atoms with Gasteiger partial charge in [-0.2, -0.15) is 9.61 Å². The molecule has 1 aliphatic rings. The van der Waals surface area contributed by atoms with Gasteiger partial charge < -0.3 is 15.3 Å². The number of anilines is 1. The number of aliphatic hydroxyl groups is 1. The fourth-order valence-electron chi connectivity index (χ4n) is 2.90. The van der Waals surface area contributed by atoms with E-state index in [-0.39, 0.29) is 6.61 Å². The minimum absolute atomic E-state index is 0.237. The van der Waals surface area contributed by atoms with Crippen molar-refractivity contribution in [2.75, 3.05) is 31.6 Å². The number of hydrogen-bond acceptors (Lipinski definition) is 6. The van der Waals surface area contributed by atoms with Crippen LogP contribution in [0.4, 0.5) is 5.69 Å². The number of β-amino-alcohol motifs (C(OH)–C–C–N with tert-alkyl or cyclic N) is 1. The molecule has 1 fully saturated rings. The van der Waals surface area contributed by atoms with E-state index >= 15 is 0 Å². The summed E-state index contributed by atoms with van der Waals surface area (Å²) in [5.74, 6) is 0.360. The first kappa shape index (κ1) is 15.2. The summed E-state index contributed by atoms with van der Waals surface area (Å²) in [7, 11) is 0. The van der Waals surface area contributed by atoms with E-state index in [0.29, 0.717) is 12.0 Å². The minimum atomic E-state index is 0.237. The molecule has 7 heteroatoms. The average molecular weight is 304 g/mol. The fourth-order valence-corrected chi connectivity index (χ4v) is 2.90. The number of aromatic nitrogens is 4. The van der Waals surface area contributed by atoms with Gasteiger partial charge in [0, 0.05) is 25.7 Å². The van der Waals surface area contributed by atoms with Gasteiger partial charge in [0.15, 0.2) is 0 Å². The van der Waals surface area contributed by atoms with Gasteiger partial charge in [-0.1, -0.05) is 13.8 Å². The maximum atomic E-state index is 9.01. The number of likely N-dealkylation sites (tertiary alicyclic amines) is 1. The number of nitrogens with one attached hydrogen (secondary N) is 1. The van der Waals surface area contributed by atoms with E-state index in [0.717, 1.165) is 49.5 Å². The van der Waals surface area contributed by atoms with E-state index in [1.165, 1.54) is 0 Å². The zero-order valence-electron chi connectivity index (χ0n) is 13.2. The van der Waals surface area contributed by atoms with E-state index in [9.17, 15) is 0 Å². The second-order valence-electron chi connectivity index (χ2n) is 6.22. The standard InChI is InChI=1S/C15H24N6O/c1-11(2)13-9-14(15-18-16-10-21(15)19-13)17-12-3-5-20(6-4-12)7-8-22/h9-12,17,22H,3-8H2,1-2H3. The van der Waals surface area contributed by atoms with Gasteiger partial charge in [-0.15, -0.1) is 10.2 Å². The van der Waals surface area contributed by atoms with Gasteiger partial charge >= 0.3 is 0 Å². The molecule has 3 heterocycles. The average Bonchev–Trinajstić information content (AvgIpc) is 2.98. The van der Waals surface area contributed by atoms with Crippen molar-refractivity contribution >= 4 is 11.3 Å². The van der Waals surface area contributed by atoms with Crippen molar-refractivity contribution in [1.82, 2.24) is 24.7 Å². The van der Waals surface area contributed by atoms with Crippen LogP contribution < -0.4 is 5.32 Å². The van der Waals surface area contributed by atoms with Crippen LogP contribution in [-0.2, 0) is 0 Å². The van der Waals surface area contributed by atoms with Crippen LogP contribution in [0.1, 0.15) is 38.3 Å². The molecule has 0 spiro atoms. The number of aliphatic hydroxyl groups excluding tert-OH is 1. The topological polar surface area (TPSA) is 78.6 Å². The maximum Gasteiger partial charge on any atom is 0.200 e. The second-order valence-corrected chi connectivity index (χ2v) is 6.22. The minimum Gasteiger partial charge on any atom is -0.395 e. The van der Waals surface area contributed by atoms with Crippen molar-refractivity contribution in [3.63, 3.8) is 0 Å². The van der Waals surface area contributed by atoms with Crippen LogP contribution in [0.5, 0.6) is 0 Å². The lowest BCUT2D eigenvalue weighted by Crippen LogP contribution is -2.40. The molecule has 7 nitrogen and oxygen atoms in total. The third-order valence-electron chi connectivity index (χ3n) is 4.24. The Bertz CT molecular complexity index is 618. The quantitative estimate of drug-likeness (QED) is 0.862. The van der Waals surface area contributed by atoms with Crippen LogP contribution in [0.2, 0.25) is 0 Å². The Morgan fingerprint density at radius 2 is 2.14 bits per heavy atom. The Morgan fingerprint density at radius 3 is 2.82 bits per heavy atom. The Labute approximate surface area is 130 Å². The van der Waals surface area contributed by atoms with E-state index in [1.54, 1.807) is 10.8 Å². The highest BCUT2D eigenvalue weighted by Crippen LogP contribution is 2.23. The van der Waals surface area contributed by atoms with Crippen molar-refractivity contribution in [3.05, 3.63) is 18.1 Å². The summed E-state index contributed by atoms with van der Waals surface area (Å²) in [6.45, 7) is 7.31. The summed E-state index contributed by atoms with van der Waals surface area (Å²) in [6, 6.07) is 2.52. The van der Waals surface area contributed by atoms with Gasteiger partial charge in [-0.05, 0) is 24.8 Å². The maximum absolute atomic E-state index is 9.01. The van der Waals surface area contributed by atoms with Crippen molar-refractivity contribution in [3.8, 4) is 0 Å². The van der Waals surface area contributed by atoms with Crippen molar-refractivity contribution in [2.45, 2.75) is 38.6 Å². The molecule has 2 aromatic heterocycles. The molecule has 0 saturated carbocycles. The van der Waals surface area contributed by atoms with Crippen LogP contribution in [0.15, 0.2) is 12.4 Å². The molecule has 0 amide bonds. The lowest BCUT2D eigenvalue weighted by molar-refractivity contribution is 0.168. The van der Waals surface area contributed by atoms with Crippen molar-refractivity contribution < 1.29 is 5.11 Å². The monoisotopic (exact) mass is 304 g/mol. The molecule has 1 saturated heterocycles. The molecule has 0 aliphatic carbocycles. The summed E-state index contributed by atoms with van der Waals surface area (Å²) in [4.78, 5) is 2.30. The first-order valence-electron chi connectivity index (χ1n) is 7.98. The molecule has 22 heavy (non-hydrogen) atoms. The van der Waals surface area contributed by atoms with E-state index < -0.39 is 0 Å². The summed E-state index contributed by atoms with van der Waals surface area (Å²) in [5.41, 5.74) is 2.83. The normalized spacial score (nSPS) is 17.5. The van der Waals surface area contributed by atoms with Gasteiger partial charge in [0.05, 0.1) is 18.0 Å². The fraction of sp³-hybridized carbons (Fsp3) is 0.667. The number of rotatable bonds is 5. The highest BCUT2D eigenvalue weighted by molar-refractivity contribution is 5.67. The van der Waals surface area contributed by atoms with Crippen LogP contribution >= 0.6 is 0 Å². The van der Waals surface area contributed by atoms with Crippen LogP contribution in [0.3, 0.4) is 0 Å². The molecule has 1 aliphatic heterocycles. The Kier molecular flexibility index (Phi) is 4.54. The predicted octanol–water partition coefficient (Wildman–Crippen LogP) is 1.12. The molecule has 2 N–H and O–H groups in total. The second kappa shape index (κ2) is 6.58.